The van der Waals surface area contributed by atoms with Crippen molar-refractivity contribution in [2.75, 3.05) is 13.2 Å². The predicted octanol–water partition coefficient (Wildman–Crippen LogP) is 24.2. The number of hydrogen-bond donors (Lipinski definition) is 0. The number of carbonyl (C=O) groups excluding carboxylic acids is 3. The van der Waals surface area contributed by atoms with Gasteiger partial charge in [0.1, 0.15) is 13.2 Å². The first-order valence-corrected chi connectivity index (χ1v) is 35.1. The highest BCUT2D eigenvalue weighted by Crippen LogP contribution is 2.18. The summed E-state index contributed by atoms with van der Waals surface area (Å²) < 4.78 is 16.9. The van der Waals surface area contributed by atoms with Crippen LogP contribution in [0.1, 0.15) is 355 Å². The molecule has 0 heterocycles. The summed E-state index contributed by atoms with van der Waals surface area (Å²) in [7, 11) is 0. The maximum Gasteiger partial charge on any atom is 0.306 e. The lowest BCUT2D eigenvalue weighted by molar-refractivity contribution is -0.167. The summed E-state index contributed by atoms with van der Waals surface area (Å²) in [6, 6.07) is 0. The van der Waals surface area contributed by atoms with Crippen LogP contribution in [0, 0.1) is 0 Å². The third-order valence-electron chi connectivity index (χ3n) is 15.4. The molecule has 6 nitrogen and oxygen atoms in total. The Kier molecular flexibility index (Phi) is 66.2. The molecular weight excluding hydrogens is 997 g/mol. The number of hydrogen-bond acceptors (Lipinski definition) is 6. The fourth-order valence-electron chi connectivity index (χ4n) is 10.2. The largest absolute Gasteiger partial charge is 0.462 e. The lowest BCUT2D eigenvalue weighted by Crippen LogP contribution is -2.30. The zero-order valence-electron chi connectivity index (χ0n) is 53.8. The zero-order chi connectivity index (χ0) is 58.5. The molecule has 0 N–H and O–H groups in total. The standard InChI is InChI=1S/C75H132O6/c1-4-7-10-13-16-19-22-24-26-28-30-32-33-34-35-36-37-38-39-40-41-43-44-46-48-50-53-56-59-62-65-68-74(77)80-71-72(70-79-73(76)67-64-61-58-55-52-21-18-15-12-9-6-3)81-75(78)69-66-63-60-57-54-51-49-47-45-42-31-29-27-25-23-20-17-14-11-8-5-2/h8,11,17,20,22,24-25,27-28,30-31,42,47,49,72H,4-7,9-10,12-16,18-19,21,23,26,29,32-41,43-46,48,50-71H2,1-3H3/b11-8-,20-17-,24-22-,27-25-,30-28-,42-31-,49-47-. The lowest BCUT2D eigenvalue weighted by Gasteiger charge is -2.18. The van der Waals surface area contributed by atoms with Gasteiger partial charge < -0.3 is 14.2 Å². The van der Waals surface area contributed by atoms with Gasteiger partial charge in [0.15, 0.2) is 6.10 Å². The van der Waals surface area contributed by atoms with E-state index in [4.69, 9.17) is 14.2 Å². The van der Waals surface area contributed by atoms with Crippen LogP contribution in [0.15, 0.2) is 85.1 Å². The molecule has 0 aromatic heterocycles. The molecule has 0 amide bonds. The van der Waals surface area contributed by atoms with Crippen molar-refractivity contribution in [1.82, 2.24) is 0 Å². The fourth-order valence-corrected chi connectivity index (χ4v) is 10.2. The normalized spacial score (nSPS) is 12.6. The van der Waals surface area contributed by atoms with Crippen LogP contribution in [-0.4, -0.2) is 37.2 Å². The Hall–Kier alpha value is -3.41. The average Bonchev–Trinajstić information content (AvgIpc) is 3.47. The molecule has 0 saturated carbocycles. The molecule has 0 rings (SSSR count). The van der Waals surface area contributed by atoms with E-state index in [0.717, 1.165) is 116 Å². The number of rotatable bonds is 64. The molecule has 6 heteroatoms. The van der Waals surface area contributed by atoms with Gasteiger partial charge in [0.2, 0.25) is 0 Å². The first-order chi connectivity index (χ1) is 40.0. The molecule has 0 aliphatic rings. The molecule has 0 radical (unpaired) electrons. The minimum Gasteiger partial charge on any atom is -0.462 e. The van der Waals surface area contributed by atoms with Gasteiger partial charge in [-0.15, -0.1) is 0 Å². The smallest absolute Gasteiger partial charge is 0.306 e. The van der Waals surface area contributed by atoms with Crippen LogP contribution in [0.5, 0.6) is 0 Å². The fraction of sp³-hybridized carbons (Fsp3) is 0.773. The lowest BCUT2D eigenvalue weighted by atomic mass is 10.0. The number of allylic oxidation sites excluding steroid dienone is 14. The molecule has 0 bridgehead atoms. The van der Waals surface area contributed by atoms with Crippen LogP contribution in [0.2, 0.25) is 0 Å². The molecule has 1 atom stereocenters. The Balaban J connectivity index is 4.19. The Labute approximate surface area is 503 Å². The summed E-state index contributed by atoms with van der Waals surface area (Å²) in [5, 5.41) is 0. The minimum atomic E-state index is -0.785. The highest BCUT2D eigenvalue weighted by atomic mass is 16.6. The third kappa shape index (κ3) is 67.3. The maximum absolute atomic E-state index is 12.9. The number of carbonyl (C=O) groups is 3. The van der Waals surface area contributed by atoms with Crippen LogP contribution >= 0.6 is 0 Å². The van der Waals surface area contributed by atoms with Crippen molar-refractivity contribution in [3.05, 3.63) is 85.1 Å². The van der Waals surface area contributed by atoms with Crippen molar-refractivity contribution in [1.29, 1.82) is 0 Å². The highest BCUT2D eigenvalue weighted by molar-refractivity contribution is 5.71. The molecule has 0 spiro atoms. The molecule has 0 fully saturated rings. The SMILES string of the molecule is CC/C=C\C/C=C\C/C=C\C/C=C\C/C=C\CCCCCCCC(=O)OC(COC(=O)CCCCCCCCCCCCC)COC(=O)CCCCCCCCCCCCCCCCCCCCC/C=C\C/C=C\CCCCCCC. The molecule has 0 aliphatic carbocycles. The van der Waals surface area contributed by atoms with E-state index in [2.05, 4.69) is 106 Å². The van der Waals surface area contributed by atoms with Crippen LogP contribution in [-0.2, 0) is 28.6 Å². The van der Waals surface area contributed by atoms with Gasteiger partial charge in [0, 0.05) is 19.3 Å². The van der Waals surface area contributed by atoms with Gasteiger partial charge in [-0.1, -0.05) is 324 Å². The topological polar surface area (TPSA) is 78.9 Å². The van der Waals surface area contributed by atoms with Crippen LogP contribution in [0.25, 0.3) is 0 Å². The van der Waals surface area contributed by atoms with Crippen molar-refractivity contribution >= 4 is 17.9 Å². The van der Waals surface area contributed by atoms with E-state index < -0.39 is 6.10 Å². The molecule has 468 valence electrons. The van der Waals surface area contributed by atoms with Gasteiger partial charge in [-0.3, -0.25) is 14.4 Å². The quantitative estimate of drug-likeness (QED) is 0.0261. The summed E-state index contributed by atoms with van der Waals surface area (Å²) in [6.07, 6.45) is 91.9. The Morgan fingerprint density at radius 3 is 0.753 bits per heavy atom. The number of unbranched alkanes of at least 4 members (excludes halogenated alkanes) is 39. The van der Waals surface area contributed by atoms with Gasteiger partial charge in [-0.2, -0.15) is 0 Å². The van der Waals surface area contributed by atoms with E-state index in [0.29, 0.717) is 19.3 Å². The summed E-state index contributed by atoms with van der Waals surface area (Å²) >= 11 is 0. The Morgan fingerprint density at radius 1 is 0.259 bits per heavy atom. The molecule has 0 aromatic rings. The first kappa shape index (κ1) is 77.6. The van der Waals surface area contributed by atoms with E-state index in [1.165, 1.54) is 199 Å². The van der Waals surface area contributed by atoms with E-state index in [1.54, 1.807) is 0 Å². The highest BCUT2D eigenvalue weighted by Gasteiger charge is 2.19. The minimum absolute atomic E-state index is 0.0804. The summed E-state index contributed by atoms with van der Waals surface area (Å²) in [5.41, 5.74) is 0. The second kappa shape index (κ2) is 69.1. The van der Waals surface area contributed by atoms with Crippen LogP contribution < -0.4 is 0 Å². The van der Waals surface area contributed by atoms with Crippen molar-refractivity contribution in [3.8, 4) is 0 Å². The zero-order valence-corrected chi connectivity index (χ0v) is 53.8. The first-order valence-electron chi connectivity index (χ1n) is 35.1. The van der Waals surface area contributed by atoms with Crippen molar-refractivity contribution in [3.63, 3.8) is 0 Å². The summed E-state index contributed by atoms with van der Waals surface area (Å²) in [4.78, 5) is 38.3. The van der Waals surface area contributed by atoms with Gasteiger partial charge in [0.05, 0.1) is 0 Å². The third-order valence-corrected chi connectivity index (χ3v) is 15.4. The van der Waals surface area contributed by atoms with Crippen LogP contribution in [0.3, 0.4) is 0 Å². The summed E-state index contributed by atoms with van der Waals surface area (Å²) in [6.45, 7) is 6.53. The van der Waals surface area contributed by atoms with Crippen LogP contribution in [0.4, 0.5) is 0 Å². The van der Waals surface area contributed by atoms with Gasteiger partial charge in [0.25, 0.3) is 0 Å². The second-order valence-electron chi connectivity index (χ2n) is 23.4. The van der Waals surface area contributed by atoms with E-state index in [1.807, 2.05) is 0 Å². The maximum atomic E-state index is 12.9. The average molecular weight is 1130 g/mol. The molecule has 0 aromatic carbocycles. The molecule has 1 unspecified atom stereocenters. The summed E-state index contributed by atoms with van der Waals surface area (Å²) in [5.74, 6) is -0.883. The Morgan fingerprint density at radius 2 is 0.481 bits per heavy atom. The number of esters is 3. The molecular formula is C75H132O6. The second-order valence-corrected chi connectivity index (χ2v) is 23.4. The molecule has 81 heavy (non-hydrogen) atoms. The molecule has 0 aliphatic heterocycles. The van der Waals surface area contributed by atoms with Crippen molar-refractivity contribution in [2.45, 2.75) is 361 Å². The van der Waals surface area contributed by atoms with Gasteiger partial charge >= 0.3 is 17.9 Å². The van der Waals surface area contributed by atoms with Crippen molar-refractivity contribution in [2.24, 2.45) is 0 Å². The predicted molar refractivity (Wildman–Crippen MR) is 353 cm³/mol. The molecule has 0 saturated heterocycles. The van der Waals surface area contributed by atoms with E-state index >= 15 is 0 Å². The van der Waals surface area contributed by atoms with E-state index in [-0.39, 0.29) is 31.1 Å². The van der Waals surface area contributed by atoms with E-state index in [9.17, 15) is 14.4 Å². The van der Waals surface area contributed by atoms with Crippen molar-refractivity contribution < 1.29 is 28.6 Å². The monoisotopic (exact) mass is 1130 g/mol. The van der Waals surface area contributed by atoms with Gasteiger partial charge in [-0.25, -0.2) is 0 Å². The number of ether oxygens (including phenoxy) is 3. The van der Waals surface area contributed by atoms with Gasteiger partial charge in [-0.05, 0) is 96.3 Å². The Bertz CT molecular complexity index is 1530.